The van der Waals surface area contributed by atoms with Crippen LogP contribution >= 0.6 is 0 Å². The third-order valence-corrected chi connectivity index (χ3v) is 3.54. The SMILES string of the molecule is O=C(CCc1ncc(-c2ccccc2)o1)NCC(O)c1ccco1. The molecule has 1 amide bonds. The zero-order valence-electron chi connectivity index (χ0n) is 13.0. The fraction of sp³-hybridized carbons (Fsp3) is 0.222. The zero-order chi connectivity index (χ0) is 16.8. The third-order valence-electron chi connectivity index (χ3n) is 3.54. The fourth-order valence-corrected chi connectivity index (χ4v) is 2.26. The summed E-state index contributed by atoms with van der Waals surface area (Å²) in [5, 5.41) is 12.5. The zero-order valence-corrected chi connectivity index (χ0v) is 13.0. The van der Waals surface area contributed by atoms with E-state index < -0.39 is 6.10 Å². The van der Waals surface area contributed by atoms with Gasteiger partial charge in [0.25, 0.3) is 0 Å². The van der Waals surface area contributed by atoms with Crippen LogP contribution in [-0.2, 0) is 11.2 Å². The van der Waals surface area contributed by atoms with Gasteiger partial charge in [-0.2, -0.15) is 0 Å². The number of carbonyl (C=O) groups is 1. The van der Waals surface area contributed by atoms with Crippen LogP contribution < -0.4 is 5.32 Å². The van der Waals surface area contributed by atoms with Crippen LogP contribution in [-0.4, -0.2) is 22.5 Å². The molecule has 0 saturated carbocycles. The van der Waals surface area contributed by atoms with Gasteiger partial charge in [-0.3, -0.25) is 4.79 Å². The standard InChI is InChI=1S/C18H18N2O4/c21-14(15-7-4-10-23-15)11-19-17(22)8-9-18-20-12-16(24-18)13-5-2-1-3-6-13/h1-7,10,12,14,21H,8-9,11H2,(H,19,22). The Hall–Kier alpha value is -2.86. The van der Waals surface area contributed by atoms with Gasteiger partial charge in [-0.1, -0.05) is 30.3 Å². The summed E-state index contributed by atoms with van der Waals surface area (Å²) in [5.74, 6) is 1.44. The maximum Gasteiger partial charge on any atom is 0.220 e. The smallest absolute Gasteiger partial charge is 0.220 e. The number of furan rings is 1. The van der Waals surface area contributed by atoms with Gasteiger partial charge in [-0.15, -0.1) is 0 Å². The van der Waals surface area contributed by atoms with Crippen LogP contribution in [0.4, 0.5) is 0 Å². The van der Waals surface area contributed by atoms with Gasteiger partial charge in [0.05, 0.1) is 19.0 Å². The van der Waals surface area contributed by atoms with Crippen LogP contribution in [0, 0.1) is 0 Å². The van der Waals surface area contributed by atoms with Gasteiger partial charge in [0.1, 0.15) is 11.9 Å². The molecular weight excluding hydrogens is 308 g/mol. The molecule has 6 heteroatoms. The average Bonchev–Trinajstić information content (AvgIpc) is 3.30. The number of hydrogen-bond donors (Lipinski definition) is 2. The molecule has 2 aromatic heterocycles. The largest absolute Gasteiger partial charge is 0.467 e. The Morgan fingerprint density at radius 1 is 1.21 bits per heavy atom. The number of hydrogen-bond acceptors (Lipinski definition) is 5. The fourth-order valence-electron chi connectivity index (χ4n) is 2.26. The molecule has 1 aromatic carbocycles. The van der Waals surface area contributed by atoms with Crippen molar-refractivity contribution in [3.8, 4) is 11.3 Å². The summed E-state index contributed by atoms with van der Waals surface area (Å²) in [4.78, 5) is 16.0. The molecule has 3 aromatic rings. The van der Waals surface area contributed by atoms with Crippen molar-refractivity contribution in [2.24, 2.45) is 0 Å². The number of oxazole rings is 1. The lowest BCUT2D eigenvalue weighted by Gasteiger charge is -2.09. The third kappa shape index (κ3) is 4.11. The molecule has 24 heavy (non-hydrogen) atoms. The first-order valence-corrected chi connectivity index (χ1v) is 7.70. The van der Waals surface area contributed by atoms with E-state index in [0.29, 0.717) is 23.8 Å². The lowest BCUT2D eigenvalue weighted by atomic mass is 10.2. The first-order chi connectivity index (χ1) is 11.7. The van der Waals surface area contributed by atoms with Crippen molar-refractivity contribution in [1.29, 1.82) is 0 Å². The Labute approximate surface area is 139 Å². The highest BCUT2D eigenvalue weighted by atomic mass is 16.4. The Kier molecular flexibility index (Phi) is 5.08. The summed E-state index contributed by atoms with van der Waals surface area (Å²) in [5.41, 5.74) is 0.947. The van der Waals surface area contributed by atoms with Crippen molar-refractivity contribution < 1.29 is 18.7 Å². The van der Waals surface area contributed by atoms with Gasteiger partial charge in [-0.05, 0) is 12.1 Å². The van der Waals surface area contributed by atoms with E-state index in [9.17, 15) is 9.90 Å². The number of aryl methyl sites for hydroxylation is 1. The van der Waals surface area contributed by atoms with Gasteiger partial charge in [-0.25, -0.2) is 4.98 Å². The number of nitrogens with zero attached hydrogens (tertiary/aromatic N) is 1. The van der Waals surface area contributed by atoms with Crippen LogP contribution in [0.15, 0.2) is 63.8 Å². The molecule has 0 spiro atoms. The normalized spacial score (nSPS) is 12.0. The molecule has 3 rings (SSSR count). The van der Waals surface area contributed by atoms with E-state index in [4.69, 9.17) is 8.83 Å². The molecule has 0 aliphatic carbocycles. The number of amides is 1. The van der Waals surface area contributed by atoms with Crippen molar-refractivity contribution in [2.45, 2.75) is 18.9 Å². The summed E-state index contributed by atoms with van der Waals surface area (Å²) in [6, 6.07) is 13.0. The first-order valence-electron chi connectivity index (χ1n) is 7.70. The summed E-state index contributed by atoms with van der Waals surface area (Å²) in [6.45, 7) is 0.104. The average molecular weight is 326 g/mol. The summed E-state index contributed by atoms with van der Waals surface area (Å²) in [7, 11) is 0. The topological polar surface area (TPSA) is 88.5 Å². The second-order valence-corrected chi connectivity index (χ2v) is 5.32. The monoisotopic (exact) mass is 326 g/mol. The second kappa shape index (κ2) is 7.61. The van der Waals surface area contributed by atoms with E-state index in [1.165, 1.54) is 6.26 Å². The number of aromatic nitrogens is 1. The minimum Gasteiger partial charge on any atom is -0.467 e. The minimum absolute atomic E-state index is 0.104. The van der Waals surface area contributed by atoms with E-state index in [0.717, 1.165) is 5.56 Å². The molecule has 0 fully saturated rings. The van der Waals surface area contributed by atoms with Crippen LogP contribution in [0.3, 0.4) is 0 Å². The second-order valence-electron chi connectivity index (χ2n) is 5.32. The number of nitrogens with one attached hydrogen (secondary N) is 1. The number of aliphatic hydroxyl groups is 1. The Morgan fingerprint density at radius 2 is 2.04 bits per heavy atom. The predicted octanol–water partition coefficient (Wildman–Crippen LogP) is 2.72. The van der Waals surface area contributed by atoms with Crippen molar-refractivity contribution in [3.05, 3.63) is 66.6 Å². The molecule has 1 unspecified atom stereocenters. The maximum absolute atomic E-state index is 11.8. The highest BCUT2D eigenvalue weighted by molar-refractivity contribution is 5.76. The molecular formula is C18H18N2O4. The lowest BCUT2D eigenvalue weighted by molar-refractivity contribution is -0.121. The van der Waals surface area contributed by atoms with E-state index in [-0.39, 0.29) is 18.9 Å². The quantitative estimate of drug-likeness (QED) is 0.697. The number of benzene rings is 1. The molecule has 6 nitrogen and oxygen atoms in total. The molecule has 0 bridgehead atoms. The summed E-state index contributed by atoms with van der Waals surface area (Å²) < 4.78 is 10.7. The first kappa shape index (κ1) is 16.0. The van der Waals surface area contributed by atoms with E-state index in [1.54, 1.807) is 18.3 Å². The van der Waals surface area contributed by atoms with Crippen molar-refractivity contribution in [2.75, 3.05) is 6.54 Å². The molecule has 0 radical (unpaired) electrons. The molecule has 1 atom stereocenters. The van der Waals surface area contributed by atoms with Gasteiger partial charge in [0.15, 0.2) is 11.7 Å². The molecule has 0 saturated heterocycles. The predicted molar refractivity (Wildman–Crippen MR) is 86.9 cm³/mol. The highest BCUT2D eigenvalue weighted by Crippen LogP contribution is 2.20. The molecule has 2 N–H and O–H groups in total. The van der Waals surface area contributed by atoms with Crippen LogP contribution in [0.25, 0.3) is 11.3 Å². The van der Waals surface area contributed by atoms with Gasteiger partial charge >= 0.3 is 0 Å². The Morgan fingerprint density at radius 3 is 2.79 bits per heavy atom. The maximum atomic E-state index is 11.8. The van der Waals surface area contributed by atoms with Gasteiger partial charge in [0, 0.05) is 18.4 Å². The number of carbonyl (C=O) groups excluding carboxylic acids is 1. The molecule has 0 aliphatic heterocycles. The van der Waals surface area contributed by atoms with Crippen molar-refractivity contribution >= 4 is 5.91 Å². The summed E-state index contributed by atoms with van der Waals surface area (Å²) >= 11 is 0. The van der Waals surface area contributed by atoms with E-state index >= 15 is 0 Å². The van der Waals surface area contributed by atoms with E-state index in [2.05, 4.69) is 10.3 Å². The Balaban J connectivity index is 1.46. The lowest BCUT2D eigenvalue weighted by Crippen LogP contribution is -2.28. The van der Waals surface area contributed by atoms with Gasteiger partial charge in [0.2, 0.25) is 5.91 Å². The minimum atomic E-state index is -0.852. The molecule has 2 heterocycles. The van der Waals surface area contributed by atoms with Crippen LogP contribution in [0.1, 0.15) is 24.2 Å². The van der Waals surface area contributed by atoms with E-state index in [1.807, 2.05) is 30.3 Å². The van der Waals surface area contributed by atoms with Crippen molar-refractivity contribution in [3.63, 3.8) is 0 Å². The molecule has 0 aliphatic rings. The summed E-state index contributed by atoms with van der Waals surface area (Å²) in [6.07, 6.45) is 2.92. The highest BCUT2D eigenvalue weighted by Gasteiger charge is 2.13. The Bertz CT molecular complexity index is 765. The van der Waals surface area contributed by atoms with Crippen LogP contribution in [0.2, 0.25) is 0 Å². The van der Waals surface area contributed by atoms with Crippen LogP contribution in [0.5, 0.6) is 0 Å². The van der Waals surface area contributed by atoms with Crippen molar-refractivity contribution in [1.82, 2.24) is 10.3 Å². The van der Waals surface area contributed by atoms with Gasteiger partial charge < -0.3 is 19.3 Å². The number of rotatable bonds is 7. The molecule has 124 valence electrons. The number of aliphatic hydroxyl groups excluding tert-OH is 1.